The van der Waals surface area contributed by atoms with E-state index < -0.39 is 11.0 Å². The zero-order valence-electron chi connectivity index (χ0n) is 12.4. The molecular formula is C16H22O3. The van der Waals surface area contributed by atoms with Gasteiger partial charge in [0, 0.05) is 6.42 Å². The fourth-order valence-electron chi connectivity index (χ4n) is 2.21. The second kappa shape index (κ2) is 4.55. The Hall–Kier alpha value is -1.51. The number of hydrogen-bond acceptors (Lipinski definition) is 3. The van der Waals surface area contributed by atoms with Gasteiger partial charge in [0.2, 0.25) is 0 Å². The molecule has 1 aliphatic rings. The lowest BCUT2D eigenvalue weighted by atomic mass is 9.69. The minimum atomic E-state index is -0.419. The van der Waals surface area contributed by atoms with E-state index in [4.69, 9.17) is 9.47 Å². The molecule has 3 nitrogen and oxygen atoms in total. The molecular weight excluding hydrogens is 240 g/mol. The number of benzene rings is 1. The van der Waals surface area contributed by atoms with E-state index in [-0.39, 0.29) is 5.97 Å². The van der Waals surface area contributed by atoms with Gasteiger partial charge < -0.3 is 9.47 Å². The molecule has 104 valence electrons. The van der Waals surface area contributed by atoms with Gasteiger partial charge in [-0.15, -0.1) is 0 Å². The van der Waals surface area contributed by atoms with Crippen molar-refractivity contribution < 1.29 is 14.3 Å². The van der Waals surface area contributed by atoms with Crippen LogP contribution in [0, 0.1) is 19.3 Å². The van der Waals surface area contributed by atoms with Crippen LogP contribution in [0.2, 0.25) is 0 Å². The number of cyclic esters (lactones) is 1. The number of carbonyl (C=O) groups is 1. The zero-order valence-corrected chi connectivity index (χ0v) is 12.4. The third-order valence-electron chi connectivity index (χ3n) is 4.33. The molecule has 0 radical (unpaired) electrons. The Kier molecular flexibility index (Phi) is 3.33. The Morgan fingerprint density at radius 2 is 1.89 bits per heavy atom. The molecule has 3 heteroatoms. The van der Waals surface area contributed by atoms with Crippen LogP contribution in [0.15, 0.2) is 18.2 Å². The fourth-order valence-corrected chi connectivity index (χ4v) is 2.21. The predicted octanol–water partition coefficient (Wildman–Crippen LogP) is 3.41. The van der Waals surface area contributed by atoms with Crippen LogP contribution in [0.3, 0.4) is 0 Å². The molecule has 0 amide bonds. The van der Waals surface area contributed by atoms with Crippen molar-refractivity contribution in [3.8, 4) is 5.75 Å². The summed E-state index contributed by atoms with van der Waals surface area (Å²) < 4.78 is 11.1. The quantitative estimate of drug-likeness (QED) is 0.780. The van der Waals surface area contributed by atoms with E-state index in [0.29, 0.717) is 13.0 Å². The summed E-state index contributed by atoms with van der Waals surface area (Å²) in [5, 5.41) is 0. The number of hydrogen-bond donors (Lipinski definition) is 0. The van der Waals surface area contributed by atoms with Gasteiger partial charge in [-0.05, 0) is 51.8 Å². The summed E-state index contributed by atoms with van der Waals surface area (Å²) >= 11 is 0. The van der Waals surface area contributed by atoms with Crippen molar-refractivity contribution in [3.05, 3.63) is 29.3 Å². The molecule has 1 aromatic carbocycles. The Bertz CT molecular complexity index is 505. The van der Waals surface area contributed by atoms with Crippen molar-refractivity contribution >= 4 is 5.97 Å². The molecule has 1 fully saturated rings. The van der Waals surface area contributed by atoms with Crippen molar-refractivity contribution in [2.45, 2.75) is 46.6 Å². The number of carbonyl (C=O) groups excluding carboxylic acids is 1. The average Bonchev–Trinajstić information content (AvgIpc) is 2.33. The van der Waals surface area contributed by atoms with Gasteiger partial charge in [0.05, 0.1) is 6.61 Å². The molecule has 1 heterocycles. The SMILES string of the molecule is Cc1ccc(C)c(OCCC2(C)OC(=O)C2(C)C)c1. The molecule has 0 N–H and O–H groups in total. The van der Waals surface area contributed by atoms with Gasteiger partial charge in [-0.3, -0.25) is 4.79 Å². The minimum Gasteiger partial charge on any atom is -0.493 e. The number of esters is 1. The number of ether oxygens (including phenoxy) is 2. The molecule has 19 heavy (non-hydrogen) atoms. The van der Waals surface area contributed by atoms with Gasteiger partial charge in [0.15, 0.2) is 0 Å². The first kappa shape index (κ1) is 13.9. The van der Waals surface area contributed by atoms with E-state index in [1.807, 2.05) is 40.7 Å². The largest absolute Gasteiger partial charge is 0.493 e. The number of aryl methyl sites for hydroxylation is 2. The van der Waals surface area contributed by atoms with Crippen LogP contribution in [-0.2, 0) is 9.53 Å². The molecule has 0 saturated carbocycles. The monoisotopic (exact) mass is 262 g/mol. The Balaban J connectivity index is 1.94. The summed E-state index contributed by atoms with van der Waals surface area (Å²) in [6.45, 7) is 10.5. The van der Waals surface area contributed by atoms with Crippen LogP contribution in [0.25, 0.3) is 0 Å². The normalized spacial score (nSPS) is 24.6. The van der Waals surface area contributed by atoms with Crippen molar-refractivity contribution in [1.29, 1.82) is 0 Å². The molecule has 0 aromatic heterocycles. The molecule has 1 unspecified atom stereocenters. The molecule has 1 aromatic rings. The van der Waals surface area contributed by atoms with Crippen LogP contribution in [0.5, 0.6) is 5.75 Å². The standard InChI is InChI=1S/C16H22O3/c1-11-6-7-12(2)13(10-11)18-9-8-16(5)15(3,4)14(17)19-16/h6-7,10H,8-9H2,1-5H3. The minimum absolute atomic E-state index is 0.123. The highest BCUT2D eigenvalue weighted by Crippen LogP contribution is 2.47. The lowest BCUT2D eigenvalue weighted by molar-refractivity contribution is -0.233. The highest BCUT2D eigenvalue weighted by molar-refractivity contribution is 5.83. The predicted molar refractivity (Wildman–Crippen MR) is 74.3 cm³/mol. The molecule has 1 aliphatic heterocycles. The summed E-state index contributed by atoms with van der Waals surface area (Å²) in [6, 6.07) is 6.16. The fraction of sp³-hybridized carbons (Fsp3) is 0.562. The maximum absolute atomic E-state index is 11.4. The smallest absolute Gasteiger partial charge is 0.316 e. The van der Waals surface area contributed by atoms with E-state index in [1.165, 1.54) is 5.56 Å². The van der Waals surface area contributed by atoms with Crippen molar-refractivity contribution in [1.82, 2.24) is 0 Å². The van der Waals surface area contributed by atoms with Crippen LogP contribution in [-0.4, -0.2) is 18.2 Å². The summed E-state index contributed by atoms with van der Waals surface area (Å²) in [5.74, 6) is 0.786. The molecule has 0 spiro atoms. The van der Waals surface area contributed by atoms with E-state index in [2.05, 4.69) is 12.1 Å². The second-order valence-corrected chi connectivity index (χ2v) is 6.11. The lowest BCUT2D eigenvalue weighted by Crippen LogP contribution is -2.62. The maximum atomic E-state index is 11.4. The Morgan fingerprint density at radius 3 is 2.47 bits per heavy atom. The van der Waals surface area contributed by atoms with Crippen molar-refractivity contribution in [2.24, 2.45) is 5.41 Å². The summed E-state index contributed by atoms with van der Waals surface area (Å²) in [7, 11) is 0. The first-order valence-electron chi connectivity index (χ1n) is 6.70. The molecule has 2 rings (SSSR count). The van der Waals surface area contributed by atoms with Crippen LogP contribution in [0.4, 0.5) is 0 Å². The zero-order chi connectivity index (χ0) is 14.3. The van der Waals surface area contributed by atoms with Gasteiger partial charge in [0.1, 0.15) is 16.8 Å². The Morgan fingerprint density at radius 1 is 1.21 bits per heavy atom. The summed E-state index contributed by atoms with van der Waals surface area (Å²) in [4.78, 5) is 11.4. The topological polar surface area (TPSA) is 35.5 Å². The summed E-state index contributed by atoms with van der Waals surface area (Å²) in [5.41, 5.74) is 1.47. The van der Waals surface area contributed by atoms with Gasteiger partial charge >= 0.3 is 5.97 Å². The first-order valence-corrected chi connectivity index (χ1v) is 6.70. The molecule has 0 bridgehead atoms. The van der Waals surface area contributed by atoms with E-state index in [9.17, 15) is 4.79 Å². The lowest BCUT2D eigenvalue weighted by Gasteiger charge is -2.51. The molecule has 1 atom stereocenters. The van der Waals surface area contributed by atoms with E-state index >= 15 is 0 Å². The van der Waals surface area contributed by atoms with Crippen molar-refractivity contribution in [2.75, 3.05) is 6.61 Å². The van der Waals surface area contributed by atoms with Gasteiger partial charge in [-0.25, -0.2) is 0 Å². The summed E-state index contributed by atoms with van der Waals surface area (Å²) in [6.07, 6.45) is 0.707. The van der Waals surface area contributed by atoms with Crippen LogP contribution in [0.1, 0.15) is 38.3 Å². The van der Waals surface area contributed by atoms with Crippen LogP contribution < -0.4 is 4.74 Å². The Labute approximate surface area is 114 Å². The van der Waals surface area contributed by atoms with Crippen LogP contribution >= 0.6 is 0 Å². The van der Waals surface area contributed by atoms with Gasteiger partial charge in [0.25, 0.3) is 0 Å². The average molecular weight is 262 g/mol. The highest BCUT2D eigenvalue weighted by atomic mass is 16.6. The first-order chi connectivity index (χ1) is 8.76. The third-order valence-corrected chi connectivity index (χ3v) is 4.33. The molecule has 0 aliphatic carbocycles. The third kappa shape index (κ3) is 2.34. The maximum Gasteiger partial charge on any atom is 0.316 e. The van der Waals surface area contributed by atoms with Gasteiger partial charge in [-0.1, -0.05) is 12.1 Å². The van der Waals surface area contributed by atoms with E-state index in [1.54, 1.807) is 0 Å². The van der Waals surface area contributed by atoms with Gasteiger partial charge in [-0.2, -0.15) is 0 Å². The van der Waals surface area contributed by atoms with E-state index in [0.717, 1.165) is 11.3 Å². The second-order valence-electron chi connectivity index (χ2n) is 6.11. The van der Waals surface area contributed by atoms with Crippen molar-refractivity contribution in [3.63, 3.8) is 0 Å². The number of rotatable bonds is 4. The molecule has 1 saturated heterocycles. The highest BCUT2D eigenvalue weighted by Gasteiger charge is 2.59.